The van der Waals surface area contributed by atoms with Crippen LogP contribution in [0.3, 0.4) is 0 Å². The Morgan fingerprint density at radius 3 is 2.48 bits per heavy atom. The number of benzene rings is 2. The number of ether oxygens (including phenoxy) is 2. The van der Waals surface area contributed by atoms with Gasteiger partial charge in [0, 0.05) is 31.9 Å². The number of carbonyl (C=O) groups excluding carboxylic acids is 2. The normalized spacial score (nSPS) is 10.9. The fraction of sp³-hybridized carbons (Fsp3) is 0.200. The average Bonchev–Trinajstić information content (AvgIpc) is 2.69. The first-order valence-electron chi connectivity index (χ1n) is 8.66. The summed E-state index contributed by atoms with van der Waals surface area (Å²) in [4.78, 5) is 34.5. The Hall–Kier alpha value is -3.72. The second-order valence-corrected chi connectivity index (χ2v) is 5.91. The molecule has 152 valence electrons. The Bertz CT molecular complexity index is 909. The second kappa shape index (κ2) is 10.6. The lowest BCUT2D eigenvalue weighted by Gasteiger charge is -2.11. The van der Waals surface area contributed by atoms with Crippen LogP contribution in [0, 0.1) is 10.1 Å². The van der Waals surface area contributed by atoms with Crippen LogP contribution in [0.15, 0.2) is 54.2 Å². The first-order chi connectivity index (χ1) is 13.9. The first kappa shape index (κ1) is 21.6. The van der Waals surface area contributed by atoms with Gasteiger partial charge < -0.3 is 20.1 Å². The highest BCUT2D eigenvalue weighted by Gasteiger charge is 2.13. The van der Waals surface area contributed by atoms with E-state index in [1.54, 1.807) is 37.4 Å². The topological polar surface area (TPSA) is 120 Å². The van der Waals surface area contributed by atoms with Crippen molar-refractivity contribution in [3.8, 4) is 5.75 Å². The maximum Gasteiger partial charge on any atom is 0.272 e. The molecule has 9 nitrogen and oxygen atoms in total. The number of nitro benzene ring substituents is 1. The molecule has 0 spiro atoms. The Labute approximate surface area is 167 Å². The standard InChI is InChI=1S/C20H21N3O6/c1-14(24)21-19(13-15-4-3-5-17(12-15)23(26)27)20(25)22-16-6-8-18(9-7-16)29-11-10-28-2/h3-9,12-13H,10-11H2,1-2H3,(H,21,24)(H,22,25)/b19-13+. The number of nitrogens with zero attached hydrogens (tertiary/aromatic N) is 1. The predicted molar refractivity (Wildman–Crippen MR) is 107 cm³/mol. The number of hydrogen-bond donors (Lipinski definition) is 2. The number of carbonyl (C=O) groups is 2. The number of anilines is 1. The van der Waals surface area contributed by atoms with Gasteiger partial charge >= 0.3 is 0 Å². The molecular weight excluding hydrogens is 378 g/mol. The van der Waals surface area contributed by atoms with Crippen LogP contribution in [0.4, 0.5) is 11.4 Å². The minimum absolute atomic E-state index is 0.0431. The summed E-state index contributed by atoms with van der Waals surface area (Å²) in [5.41, 5.74) is 0.730. The minimum atomic E-state index is -0.570. The van der Waals surface area contributed by atoms with Gasteiger partial charge in [-0.05, 0) is 35.9 Å². The van der Waals surface area contributed by atoms with E-state index in [0.29, 0.717) is 30.2 Å². The van der Waals surface area contributed by atoms with Crippen LogP contribution < -0.4 is 15.4 Å². The van der Waals surface area contributed by atoms with Crippen LogP contribution in [0.1, 0.15) is 12.5 Å². The van der Waals surface area contributed by atoms with Crippen molar-refractivity contribution in [3.63, 3.8) is 0 Å². The number of non-ortho nitro benzene ring substituents is 1. The Morgan fingerprint density at radius 1 is 1.14 bits per heavy atom. The lowest BCUT2D eigenvalue weighted by atomic mass is 10.1. The molecule has 0 saturated carbocycles. The van der Waals surface area contributed by atoms with E-state index >= 15 is 0 Å². The molecular formula is C20H21N3O6. The summed E-state index contributed by atoms with van der Waals surface area (Å²) in [6, 6.07) is 12.4. The van der Waals surface area contributed by atoms with Gasteiger partial charge in [0.15, 0.2) is 0 Å². The Kier molecular flexibility index (Phi) is 7.87. The van der Waals surface area contributed by atoms with Crippen LogP contribution in [0.2, 0.25) is 0 Å². The van der Waals surface area contributed by atoms with Gasteiger partial charge in [-0.2, -0.15) is 0 Å². The summed E-state index contributed by atoms with van der Waals surface area (Å²) < 4.78 is 10.4. The zero-order valence-electron chi connectivity index (χ0n) is 16.0. The van der Waals surface area contributed by atoms with E-state index in [1.165, 1.54) is 31.2 Å². The van der Waals surface area contributed by atoms with Gasteiger partial charge in [0.25, 0.3) is 11.6 Å². The molecule has 2 N–H and O–H groups in total. The third kappa shape index (κ3) is 7.07. The number of hydrogen-bond acceptors (Lipinski definition) is 6. The molecule has 0 saturated heterocycles. The third-order valence-corrected chi connectivity index (χ3v) is 3.62. The highest BCUT2D eigenvalue weighted by molar-refractivity contribution is 6.08. The van der Waals surface area contributed by atoms with Crippen molar-refractivity contribution in [2.75, 3.05) is 25.6 Å². The Balaban J connectivity index is 2.15. The fourth-order valence-corrected chi connectivity index (χ4v) is 2.32. The predicted octanol–water partition coefficient (Wildman–Crippen LogP) is 2.74. The molecule has 2 aromatic carbocycles. The zero-order valence-corrected chi connectivity index (χ0v) is 16.0. The quantitative estimate of drug-likeness (QED) is 0.290. The fourth-order valence-electron chi connectivity index (χ4n) is 2.32. The molecule has 0 unspecified atom stereocenters. The summed E-state index contributed by atoms with van der Waals surface area (Å²) in [5.74, 6) is -0.396. The molecule has 0 bridgehead atoms. The second-order valence-electron chi connectivity index (χ2n) is 5.91. The summed E-state index contributed by atoms with van der Waals surface area (Å²) in [6.45, 7) is 2.13. The van der Waals surface area contributed by atoms with Crippen molar-refractivity contribution in [2.45, 2.75) is 6.92 Å². The lowest BCUT2D eigenvalue weighted by molar-refractivity contribution is -0.384. The number of rotatable bonds is 9. The highest BCUT2D eigenvalue weighted by Crippen LogP contribution is 2.18. The van der Waals surface area contributed by atoms with Crippen LogP contribution in [-0.2, 0) is 14.3 Å². The van der Waals surface area contributed by atoms with Gasteiger partial charge in [-0.3, -0.25) is 19.7 Å². The summed E-state index contributed by atoms with van der Waals surface area (Å²) in [5, 5.41) is 16.0. The molecule has 0 atom stereocenters. The first-order valence-corrected chi connectivity index (χ1v) is 8.66. The van der Waals surface area contributed by atoms with Gasteiger partial charge in [-0.15, -0.1) is 0 Å². The smallest absolute Gasteiger partial charge is 0.272 e. The van der Waals surface area contributed by atoms with Crippen LogP contribution in [-0.4, -0.2) is 37.1 Å². The molecule has 0 fully saturated rings. The number of methoxy groups -OCH3 is 1. The molecule has 2 rings (SSSR count). The molecule has 0 radical (unpaired) electrons. The van der Waals surface area contributed by atoms with E-state index in [1.807, 2.05) is 0 Å². The summed E-state index contributed by atoms with van der Waals surface area (Å²) >= 11 is 0. The van der Waals surface area contributed by atoms with E-state index in [4.69, 9.17) is 9.47 Å². The van der Waals surface area contributed by atoms with Crippen LogP contribution in [0.25, 0.3) is 6.08 Å². The number of nitro groups is 1. The van der Waals surface area contributed by atoms with Crippen molar-refractivity contribution in [3.05, 3.63) is 69.9 Å². The van der Waals surface area contributed by atoms with Crippen LogP contribution in [0.5, 0.6) is 5.75 Å². The number of amides is 2. The van der Waals surface area contributed by atoms with Gasteiger partial charge in [-0.25, -0.2) is 0 Å². The van der Waals surface area contributed by atoms with Crippen molar-refractivity contribution in [1.29, 1.82) is 0 Å². The molecule has 0 aliphatic heterocycles. The lowest BCUT2D eigenvalue weighted by Crippen LogP contribution is -2.28. The van der Waals surface area contributed by atoms with Crippen LogP contribution >= 0.6 is 0 Å². The average molecular weight is 399 g/mol. The zero-order chi connectivity index (χ0) is 21.2. The molecule has 2 amide bonds. The van der Waals surface area contributed by atoms with E-state index in [-0.39, 0.29) is 11.4 Å². The van der Waals surface area contributed by atoms with Gasteiger partial charge in [-0.1, -0.05) is 12.1 Å². The van der Waals surface area contributed by atoms with Crippen molar-refractivity contribution < 1.29 is 24.0 Å². The van der Waals surface area contributed by atoms with Gasteiger partial charge in [0.1, 0.15) is 18.1 Å². The maximum absolute atomic E-state index is 12.6. The number of nitrogens with one attached hydrogen (secondary N) is 2. The summed E-state index contributed by atoms with van der Waals surface area (Å²) in [7, 11) is 1.58. The summed E-state index contributed by atoms with van der Waals surface area (Å²) in [6.07, 6.45) is 1.37. The van der Waals surface area contributed by atoms with Crippen molar-refractivity contribution >= 4 is 29.3 Å². The van der Waals surface area contributed by atoms with E-state index in [2.05, 4.69) is 10.6 Å². The largest absolute Gasteiger partial charge is 0.491 e. The molecule has 0 aliphatic rings. The van der Waals surface area contributed by atoms with Gasteiger partial charge in [0.05, 0.1) is 11.5 Å². The molecule has 0 aliphatic carbocycles. The highest BCUT2D eigenvalue weighted by atomic mass is 16.6. The van der Waals surface area contributed by atoms with E-state index < -0.39 is 16.7 Å². The van der Waals surface area contributed by atoms with Crippen molar-refractivity contribution in [1.82, 2.24) is 5.32 Å². The van der Waals surface area contributed by atoms with E-state index in [0.717, 1.165) is 0 Å². The molecule has 29 heavy (non-hydrogen) atoms. The van der Waals surface area contributed by atoms with Gasteiger partial charge in [0.2, 0.25) is 5.91 Å². The third-order valence-electron chi connectivity index (χ3n) is 3.62. The molecule has 9 heteroatoms. The molecule has 0 aromatic heterocycles. The maximum atomic E-state index is 12.6. The molecule has 0 heterocycles. The SMILES string of the molecule is COCCOc1ccc(NC(=O)/C(=C\c2cccc([N+](=O)[O-])c2)NC(C)=O)cc1. The monoisotopic (exact) mass is 399 g/mol. The molecule has 2 aromatic rings. The Morgan fingerprint density at radius 2 is 1.86 bits per heavy atom. The van der Waals surface area contributed by atoms with Crippen molar-refractivity contribution in [2.24, 2.45) is 0 Å². The minimum Gasteiger partial charge on any atom is -0.491 e. The van der Waals surface area contributed by atoms with E-state index in [9.17, 15) is 19.7 Å².